The maximum absolute atomic E-state index is 5.46. The van der Waals surface area contributed by atoms with Crippen molar-refractivity contribution < 1.29 is 14.2 Å². The molecule has 0 amide bonds. The molecule has 0 aromatic heterocycles. The Hall–Kier alpha value is -1.99. The molecule has 0 saturated heterocycles. The van der Waals surface area contributed by atoms with Gasteiger partial charge in [0, 0.05) is 13.2 Å². The zero-order valence-electron chi connectivity index (χ0n) is 12.3. The summed E-state index contributed by atoms with van der Waals surface area (Å²) in [6.07, 6.45) is 0. The molecule has 1 unspecified atom stereocenters. The first-order valence-electron chi connectivity index (χ1n) is 6.17. The number of ether oxygens (including phenoxy) is 3. The van der Waals surface area contributed by atoms with Crippen LogP contribution in [0.15, 0.2) is 23.2 Å². The van der Waals surface area contributed by atoms with Crippen LogP contribution < -0.4 is 26.1 Å². The van der Waals surface area contributed by atoms with Gasteiger partial charge >= 0.3 is 0 Å². The Labute approximate surface area is 119 Å². The second-order valence-electron chi connectivity index (χ2n) is 4.12. The van der Waals surface area contributed by atoms with Crippen LogP contribution in [-0.4, -0.2) is 39.9 Å². The van der Waals surface area contributed by atoms with Crippen LogP contribution >= 0.6 is 0 Å². The summed E-state index contributed by atoms with van der Waals surface area (Å²) in [6, 6.07) is 5.39. The fourth-order valence-corrected chi connectivity index (χ4v) is 1.63. The Kier molecular flexibility index (Phi) is 6.61. The summed E-state index contributed by atoms with van der Waals surface area (Å²) in [5.74, 6) is 7.23. The molecule has 0 aliphatic heterocycles. The van der Waals surface area contributed by atoms with E-state index in [0.29, 0.717) is 24.1 Å². The number of anilines is 1. The Bertz CT molecular complexity index is 451. The fraction of sp³-hybridized carbons (Fsp3) is 0.462. The highest BCUT2D eigenvalue weighted by Crippen LogP contribution is 2.28. The minimum absolute atomic E-state index is 0.0252. The van der Waals surface area contributed by atoms with Crippen LogP contribution in [-0.2, 0) is 4.74 Å². The van der Waals surface area contributed by atoms with Gasteiger partial charge in [0.1, 0.15) is 11.5 Å². The molecule has 0 aliphatic carbocycles. The molecule has 1 aromatic rings. The molecule has 7 nitrogen and oxygen atoms in total. The lowest BCUT2D eigenvalue weighted by atomic mass is 10.2. The van der Waals surface area contributed by atoms with Crippen molar-refractivity contribution in [3.8, 4) is 11.5 Å². The summed E-state index contributed by atoms with van der Waals surface area (Å²) in [5, 5.41) is 3.07. The Morgan fingerprint density at radius 1 is 1.30 bits per heavy atom. The van der Waals surface area contributed by atoms with Crippen molar-refractivity contribution in [3.63, 3.8) is 0 Å². The molecule has 1 atom stereocenters. The van der Waals surface area contributed by atoms with Crippen LogP contribution in [0.2, 0.25) is 0 Å². The van der Waals surface area contributed by atoms with E-state index in [1.807, 2.05) is 19.1 Å². The molecule has 112 valence electrons. The minimum Gasteiger partial charge on any atom is -0.497 e. The summed E-state index contributed by atoms with van der Waals surface area (Å²) in [7, 11) is 4.81. The maximum Gasteiger partial charge on any atom is 0.210 e. The van der Waals surface area contributed by atoms with Crippen molar-refractivity contribution in [2.75, 3.05) is 33.3 Å². The third-order valence-corrected chi connectivity index (χ3v) is 2.56. The van der Waals surface area contributed by atoms with Gasteiger partial charge in [-0.2, -0.15) is 0 Å². The smallest absolute Gasteiger partial charge is 0.210 e. The summed E-state index contributed by atoms with van der Waals surface area (Å²) in [6.45, 7) is 2.43. The van der Waals surface area contributed by atoms with Crippen LogP contribution in [0.4, 0.5) is 5.69 Å². The van der Waals surface area contributed by atoms with Gasteiger partial charge in [-0.1, -0.05) is 0 Å². The van der Waals surface area contributed by atoms with E-state index >= 15 is 0 Å². The number of benzene rings is 1. The number of nitrogens with zero attached hydrogens (tertiary/aromatic N) is 1. The lowest BCUT2D eigenvalue weighted by molar-refractivity contribution is 0.185. The molecule has 0 bridgehead atoms. The van der Waals surface area contributed by atoms with E-state index in [-0.39, 0.29) is 6.04 Å². The number of hydrazine groups is 1. The fourth-order valence-electron chi connectivity index (χ4n) is 1.63. The number of rotatable bonds is 6. The van der Waals surface area contributed by atoms with Gasteiger partial charge in [-0.05, 0) is 19.1 Å². The highest BCUT2D eigenvalue weighted by atomic mass is 16.5. The molecule has 20 heavy (non-hydrogen) atoms. The molecule has 0 saturated carbocycles. The Morgan fingerprint density at radius 2 is 2.05 bits per heavy atom. The molecule has 4 N–H and O–H groups in total. The van der Waals surface area contributed by atoms with E-state index in [2.05, 4.69) is 15.7 Å². The first-order chi connectivity index (χ1) is 9.64. The number of methoxy groups -OCH3 is 3. The molecule has 7 heteroatoms. The van der Waals surface area contributed by atoms with Crippen molar-refractivity contribution in [1.29, 1.82) is 0 Å². The zero-order valence-corrected chi connectivity index (χ0v) is 12.3. The summed E-state index contributed by atoms with van der Waals surface area (Å²) >= 11 is 0. The number of nitrogens with two attached hydrogens (primary N) is 1. The Balaban J connectivity index is 2.89. The van der Waals surface area contributed by atoms with Crippen molar-refractivity contribution >= 4 is 11.6 Å². The van der Waals surface area contributed by atoms with Crippen molar-refractivity contribution in [1.82, 2.24) is 5.43 Å². The number of nitrogens with one attached hydrogen (secondary N) is 2. The van der Waals surface area contributed by atoms with Gasteiger partial charge in [0.25, 0.3) is 0 Å². The largest absolute Gasteiger partial charge is 0.497 e. The van der Waals surface area contributed by atoms with Gasteiger partial charge in [0.2, 0.25) is 5.96 Å². The molecule has 0 spiro atoms. The van der Waals surface area contributed by atoms with E-state index in [9.17, 15) is 0 Å². The van der Waals surface area contributed by atoms with Crippen LogP contribution in [0, 0.1) is 0 Å². The Morgan fingerprint density at radius 3 is 2.60 bits per heavy atom. The SMILES string of the molecule is COCC(C)N=C(NN)Nc1ccc(OC)cc1OC. The molecule has 0 radical (unpaired) electrons. The predicted molar refractivity (Wildman–Crippen MR) is 79.3 cm³/mol. The molecule has 1 rings (SSSR count). The average molecular weight is 282 g/mol. The van der Waals surface area contributed by atoms with Crippen molar-refractivity contribution in [2.24, 2.45) is 10.8 Å². The monoisotopic (exact) mass is 282 g/mol. The quantitative estimate of drug-likeness (QED) is 0.312. The highest BCUT2D eigenvalue weighted by Gasteiger charge is 2.08. The van der Waals surface area contributed by atoms with Crippen LogP contribution in [0.1, 0.15) is 6.92 Å². The second-order valence-corrected chi connectivity index (χ2v) is 4.12. The first kappa shape index (κ1) is 16.1. The topological polar surface area (TPSA) is 90.1 Å². The zero-order chi connectivity index (χ0) is 15.0. The van der Waals surface area contributed by atoms with E-state index in [1.165, 1.54) is 0 Å². The molecular formula is C13H22N4O3. The lowest BCUT2D eigenvalue weighted by Crippen LogP contribution is -2.37. The lowest BCUT2D eigenvalue weighted by Gasteiger charge is -2.15. The minimum atomic E-state index is -0.0252. The molecule has 0 heterocycles. The van der Waals surface area contributed by atoms with E-state index in [1.54, 1.807) is 27.4 Å². The average Bonchev–Trinajstić information content (AvgIpc) is 2.47. The first-order valence-corrected chi connectivity index (χ1v) is 6.17. The summed E-state index contributed by atoms with van der Waals surface area (Å²) in [4.78, 5) is 4.36. The number of guanidine groups is 1. The van der Waals surface area contributed by atoms with Gasteiger partial charge in [0.05, 0.1) is 32.6 Å². The summed E-state index contributed by atoms with van der Waals surface area (Å²) < 4.78 is 15.5. The van der Waals surface area contributed by atoms with Gasteiger partial charge in [-0.25, -0.2) is 10.8 Å². The number of aliphatic imine (C=N–C) groups is 1. The van der Waals surface area contributed by atoms with E-state index in [4.69, 9.17) is 20.1 Å². The maximum atomic E-state index is 5.46. The molecule has 0 fully saturated rings. The van der Waals surface area contributed by atoms with E-state index < -0.39 is 0 Å². The van der Waals surface area contributed by atoms with Crippen molar-refractivity contribution in [2.45, 2.75) is 13.0 Å². The molecule has 1 aromatic carbocycles. The van der Waals surface area contributed by atoms with E-state index in [0.717, 1.165) is 5.69 Å². The molecule has 0 aliphatic rings. The van der Waals surface area contributed by atoms with Gasteiger partial charge < -0.3 is 19.5 Å². The van der Waals surface area contributed by atoms with Gasteiger partial charge in [-0.3, -0.25) is 5.43 Å². The number of hydrogen-bond acceptors (Lipinski definition) is 5. The third kappa shape index (κ3) is 4.60. The standard InChI is InChI=1S/C13H22N4O3/c1-9(8-18-2)15-13(17-14)16-11-6-5-10(19-3)7-12(11)20-4/h5-7,9H,8,14H2,1-4H3,(H2,15,16,17). The molecular weight excluding hydrogens is 260 g/mol. The summed E-state index contributed by atoms with van der Waals surface area (Å²) in [5.41, 5.74) is 3.25. The van der Waals surface area contributed by atoms with Crippen LogP contribution in [0.5, 0.6) is 11.5 Å². The highest BCUT2D eigenvalue weighted by molar-refractivity contribution is 5.94. The van der Waals surface area contributed by atoms with Gasteiger partial charge in [-0.15, -0.1) is 0 Å². The van der Waals surface area contributed by atoms with Gasteiger partial charge in [0.15, 0.2) is 0 Å². The third-order valence-electron chi connectivity index (χ3n) is 2.56. The normalized spacial score (nSPS) is 12.8. The van der Waals surface area contributed by atoms with Crippen LogP contribution in [0.25, 0.3) is 0 Å². The predicted octanol–water partition coefficient (Wildman–Crippen LogP) is 0.970. The van der Waals surface area contributed by atoms with Crippen LogP contribution in [0.3, 0.4) is 0 Å². The number of hydrogen-bond donors (Lipinski definition) is 3. The second kappa shape index (κ2) is 8.23. The van der Waals surface area contributed by atoms with Crippen molar-refractivity contribution in [3.05, 3.63) is 18.2 Å².